The molecule has 0 aliphatic heterocycles. The third-order valence-electron chi connectivity index (χ3n) is 4.11. The summed E-state index contributed by atoms with van der Waals surface area (Å²) in [5.41, 5.74) is 9.68. The van der Waals surface area contributed by atoms with Gasteiger partial charge in [-0.3, -0.25) is 0 Å². The molecule has 0 aromatic carbocycles. The maximum Gasteiger partial charge on any atom is 0.156 e. The fourth-order valence-electron chi connectivity index (χ4n) is 2.87. The summed E-state index contributed by atoms with van der Waals surface area (Å²) in [4.78, 5) is 2.41. The summed E-state index contributed by atoms with van der Waals surface area (Å²) in [6, 6.07) is 0. The van der Waals surface area contributed by atoms with E-state index in [1.807, 2.05) is 0 Å². The van der Waals surface area contributed by atoms with Crippen LogP contribution in [0.3, 0.4) is 0 Å². The fourth-order valence-corrected chi connectivity index (χ4v) is 2.87. The molecule has 112 valence electrons. The Balaban J connectivity index is 2.36. The number of aryl methyl sites for hydroxylation is 1. The van der Waals surface area contributed by atoms with E-state index >= 15 is 0 Å². The summed E-state index contributed by atoms with van der Waals surface area (Å²) in [5, 5.41) is 8.98. The maximum atomic E-state index is 6.04. The van der Waals surface area contributed by atoms with Gasteiger partial charge in [0.15, 0.2) is 5.82 Å². The van der Waals surface area contributed by atoms with E-state index in [-0.39, 0.29) is 0 Å². The normalized spacial score (nSPS) is 14.6. The molecule has 4 nitrogen and oxygen atoms in total. The number of anilines is 1. The van der Waals surface area contributed by atoms with E-state index in [0.29, 0.717) is 6.54 Å². The molecule has 0 radical (unpaired) electrons. The summed E-state index contributed by atoms with van der Waals surface area (Å²) in [5.74, 6) is 1.89. The Labute approximate surface area is 122 Å². The number of nitrogens with two attached hydrogens (primary N) is 1. The van der Waals surface area contributed by atoms with Crippen LogP contribution in [0, 0.1) is 5.92 Å². The Bertz CT molecular complexity index is 440. The molecule has 2 N–H and O–H groups in total. The third kappa shape index (κ3) is 3.29. The number of rotatable bonds is 8. The summed E-state index contributed by atoms with van der Waals surface area (Å²) in [7, 11) is 0. The van der Waals surface area contributed by atoms with Crippen molar-refractivity contribution in [3.63, 3.8) is 0 Å². The van der Waals surface area contributed by atoms with Crippen LogP contribution in [-0.2, 0) is 19.4 Å². The maximum absolute atomic E-state index is 6.04. The molecular weight excluding hydrogens is 248 g/mol. The standard InChI is InChI=1S/C16H28N4/c1-4-9-20(11-12-7-8-12)16-14(10-17)13(5-2)15(6-3)18-19-16/h12H,4-11,17H2,1-3H3. The largest absolute Gasteiger partial charge is 0.355 e. The van der Waals surface area contributed by atoms with Gasteiger partial charge in [0.05, 0.1) is 5.69 Å². The molecule has 1 heterocycles. The Morgan fingerprint density at radius 1 is 1.10 bits per heavy atom. The molecule has 0 bridgehead atoms. The van der Waals surface area contributed by atoms with Gasteiger partial charge in [0.25, 0.3) is 0 Å². The van der Waals surface area contributed by atoms with Crippen molar-refractivity contribution in [1.82, 2.24) is 10.2 Å². The molecule has 1 aromatic heterocycles. The molecule has 1 fully saturated rings. The van der Waals surface area contributed by atoms with Gasteiger partial charge in [0.1, 0.15) is 0 Å². The smallest absolute Gasteiger partial charge is 0.156 e. The van der Waals surface area contributed by atoms with E-state index < -0.39 is 0 Å². The van der Waals surface area contributed by atoms with Gasteiger partial charge in [-0.25, -0.2) is 0 Å². The van der Waals surface area contributed by atoms with Crippen LogP contribution in [0.4, 0.5) is 5.82 Å². The van der Waals surface area contributed by atoms with Crippen molar-refractivity contribution in [2.45, 2.75) is 59.4 Å². The van der Waals surface area contributed by atoms with Crippen LogP contribution < -0.4 is 10.6 Å². The Morgan fingerprint density at radius 3 is 2.35 bits per heavy atom. The first-order chi connectivity index (χ1) is 9.74. The number of aromatic nitrogens is 2. The Kier molecular flexibility index (Phi) is 5.35. The fraction of sp³-hybridized carbons (Fsp3) is 0.750. The van der Waals surface area contributed by atoms with E-state index in [4.69, 9.17) is 5.73 Å². The molecular formula is C16H28N4. The summed E-state index contributed by atoms with van der Waals surface area (Å²) < 4.78 is 0. The van der Waals surface area contributed by atoms with Crippen molar-refractivity contribution in [3.8, 4) is 0 Å². The van der Waals surface area contributed by atoms with Crippen LogP contribution >= 0.6 is 0 Å². The minimum absolute atomic E-state index is 0.561. The van der Waals surface area contributed by atoms with Crippen LogP contribution in [0.2, 0.25) is 0 Å². The zero-order valence-corrected chi connectivity index (χ0v) is 13.2. The Hall–Kier alpha value is -1.16. The van der Waals surface area contributed by atoms with Gasteiger partial charge in [-0.05, 0) is 43.6 Å². The van der Waals surface area contributed by atoms with Gasteiger partial charge >= 0.3 is 0 Å². The first kappa shape index (κ1) is 15.2. The lowest BCUT2D eigenvalue weighted by Crippen LogP contribution is -2.30. The van der Waals surface area contributed by atoms with Crippen molar-refractivity contribution >= 4 is 5.82 Å². The van der Waals surface area contributed by atoms with Gasteiger partial charge in [0.2, 0.25) is 0 Å². The highest BCUT2D eigenvalue weighted by Gasteiger charge is 2.26. The first-order valence-electron chi connectivity index (χ1n) is 8.07. The molecule has 0 saturated heterocycles. The van der Waals surface area contributed by atoms with Crippen LogP contribution in [0.1, 0.15) is 56.9 Å². The van der Waals surface area contributed by atoms with Gasteiger partial charge in [-0.2, -0.15) is 5.10 Å². The second-order valence-corrected chi connectivity index (χ2v) is 5.73. The van der Waals surface area contributed by atoms with Crippen molar-refractivity contribution < 1.29 is 0 Å². The second-order valence-electron chi connectivity index (χ2n) is 5.73. The highest BCUT2D eigenvalue weighted by molar-refractivity contribution is 5.51. The Morgan fingerprint density at radius 2 is 1.85 bits per heavy atom. The van der Waals surface area contributed by atoms with Gasteiger partial charge < -0.3 is 10.6 Å². The molecule has 0 atom stereocenters. The quantitative estimate of drug-likeness (QED) is 0.793. The molecule has 1 aromatic rings. The molecule has 1 saturated carbocycles. The van der Waals surface area contributed by atoms with E-state index in [9.17, 15) is 0 Å². The highest BCUT2D eigenvalue weighted by Crippen LogP contribution is 2.32. The zero-order valence-electron chi connectivity index (χ0n) is 13.2. The molecule has 1 aliphatic carbocycles. The molecule has 4 heteroatoms. The zero-order chi connectivity index (χ0) is 14.5. The van der Waals surface area contributed by atoms with Crippen molar-refractivity contribution in [2.75, 3.05) is 18.0 Å². The van der Waals surface area contributed by atoms with Crippen molar-refractivity contribution in [2.24, 2.45) is 11.7 Å². The second kappa shape index (κ2) is 7.02. The van der Waals surface area contributed by atoms with Crippen LogP contribution in [0.25, 0.3) is 0 Å². The van der Waals surface area contributed by atoms with Crippen molar-refractivity contribution in [3.05, 3.63) is 16.8 Å². The van der Waals surface area contributed by atoms with Crippen molar-refractivity contribution in [1.29, 1.82) is 0 Å². The average molecular weight is 276 g/mol. The van der Waals surface area contributed by atoms with E-state index in [1.54, 1.807) is 0 Å². The SMILES string of the molecule is CCCN(CC1CC1)c1nnc(CC)c(CC)c1CN. The van der Waals surface area contributed by atoms with Gasteiger partial charge in [-0.15, -0.1) is 5.10 Å². The predicted octanol–water partition coefficient (Wildman–Crippen LogP) is 2.69. The molecule has 0 spiro atoms. The van der Waals surface area contributed by atoms with Gasteiger partial charge in [-0.1, -0.05) is 20.8 Å². The van der Waals surface area contributed by atoms with E-state index in [0.717, 1.165) is 49.8 Å². The average Bonchev–Trinajstić information content (AvgIpc) is 3.29. The number of hydrogen-bond acceptors (Lipinski definition) is 4. The molecule has 1 aliphatic rings. The summed E-state index contributed by atoms with van der Waals surface area (Å²) >= 11 is 0. The minimum Gasteiger partial charge on any atom is -0.355 e. The summed E-state index contributed by atoms with van der Waals surface area (Å²) in [6.07, 6.45) is 5.77. The van der Waals surface area contributed by atoms with E-state index in [1.165, 1.54) is 24.0 Å². The number of nitrogens with zero attached hydrogens (tertiary/aromatic N) is 3. The van der Waals surface area contributed by atoms with E-state index in [2.05, 4.69) is 35.9 Å². The van der Waals surface area contributed by atoms with Crippen LogP contribution in [0.15, 0.2) is 0 Å². The van der Waals surface area contributed by atoms with Crippen LogP contribution in [-0.4, -0.2) is 23.3 Å². The lowest BCUT2D eigenvalue weighted by molar-refractivity contribution is 0.681. The third-order valence-corrected chi connectivity index (χ3v) is 4.11. The molecule has 0 amide bonds. The number of hydrogen-bond donors (Lipinski definition) is 1. The first-order valence-corrected chi connectivity index (χ1v) is 8.07. The lowest BCUT2D eigenvalue weighted by atomic mass is 10.0. The van der Waals surface area contributed by atoms with Crippen LogP contribution in [0.5, 0.6) is 0 Å². The summed E-state index contributed by atoms with van der Waals surface area (Å²) in [6.45, 7) is 9.26. The minimum atomic E-state index is 0.561. The molecule has 2 rings (SSSR count). The topological polar surface area (TPSA) is 55.0 Å². The highest BCUT2D eigenvalue weighted by atomic mass is 15.3. The monoisotopic (exact) mass is 276 g/mol. The molecule has 0 unspecified atom stereocenters. The lowest BCUT2D eigenvalue weighted by Gasteiger charge is -2.26. The van der Waals surface area contributed by atoms with Gasteiger partial charge in [0, 0.05) is 25.2 Å². The molecule has 20 heavy (non-hydrogen) atoms. The predicted molar refractivity (Wildman–Crippen MR) is 83.9 cm³/mol.